The van der Waals surface area contributed by atoms with Crippen molar-refractivity contribution in [3.8, 4) is 11.5 Å². The largest absolute Gasteiger partial charge is 0.508 e. The quantitative estimate of drug-likeness (QED) is 0.836. The zero-order chi connectivity index (χ0) is 13.8. The van der Waals surface area contributed by atoms with Crippen molar-refractivity contribution in [1.29, 1.82) is 0 Å². The van der Waals surface area contributed by atoms with Gasteiger partial charge in [-0.25, -0.2) is 0 Å². The molecule has 3 N–H and O–H groups in total. The first-order valence-corrected chi connectivity index (χ1v) is 7.27. The fourth-order valence-corrected chi connectivity index (χ4v) is 3.18. The summed E-state index contributed by atoms with van der Waals surface area (Å²) in [6.45, 7) is 0.859. The van der Waals surface area contributed by atoms with Crippen molar-refractivity contribution in [3.05, 3.63) is 56.5 Å². The maximum absolute atomic E-state index is 9.40. The molecule has 0 spiro atoms. The lowest BCUT2D eigenvalue weighted by Crippen LogP contribution is -2.00. The van der Waals surface area contributed by atoms with Gasteiger partial charge in [0, 0.05) is 6.54 Å². The van der Waals surface area contributed by atoms with Gasteiger partial charge in [0.05, 0.1) is 8.95 Å². The normalized spacial score (nSPS) is 10.5. The molecular formula is C14H13Br2NO2. The molecule has 0 radical (unpaired) electrons. The van der Waals surface area contributed by atoms with E-state index < -0.39 is 0 Å². The predicted octanol–water partition coefficient (Wildman–Crippen LogP) is 3.95. The number of rotatable bonds is 4. The van der Waals surface area contributed by atoms with E-state index in [2.05, 4.69) is 31.9 Å². The van der Waals surface area contributed by atoms with Crippen LogP contribution in [0.2, 0.25) is 0 Å². The zero-order valence-corrected chi connectivity index (χ0v) is 13.2. The van der Waals surface area contributed by atoms with Crippen LogP contribution < -0.4 is 10.5 Å². The van der Waals surface area contributed by atoms with E-state index in [1.807, 2.05) is 18.2 Å². The average Bonchev–Trinajstić information content (AvgIpc) is 2.37. The van der Waals surface area contributed by atoms with Gasteiger partial charge in [-0.15, -0.1) is 0 Å². The van der Waals surface area contributed by atoms with Gasteiger partial charge >= 0.3 is 0 Å². The minimum atomic E-state index is 0.234. The van der Waals surface area contributed by atoms with E-state index in [-0.39, 0.29) is 5.75 Å². The molecule has 2 rings (SSSR count). The lowest BCUT2D eigenvalue weighted by molar-refractivity contribution is 0.301. The Bertz CT molecular complexity index is 564. The molecule has 0 atom stereocenters. The van der Waals surface area contributed by atoms with Crippen LogP contribution in [0.25, 0.3) is 0 Å². The van der Waals surface area contributed by atoms with Gasteiger partial charge in [-0.3, -0.25) is 0 Å². The summed E-state index contributed by atoms with van der Waals surface area (Å²) in [5, 5.41) is 9.40. The van der Waals surface area contributed by atoms with E-state index in [0.29, 0.717) is 13.2 Å². The molecule has 100 valence electrons. The van der Waals surface area contributed by atoms with Gasteiger partial charge in [0.2, 0.25) is 0 Å². The Morgan fingerprint density at radius 2 is 1.74 bits per heavy atom. The third-order valence-electron chi connectivity index (χ3n) is 2.59. The number of phenols is 1. The van der Waals surface area contributed by atoms with E-state index in [9.17, 15) is 5.11 Å². The number of hydrogen-bond acceptors (Lipinski definition) is 3. The van der Waals surface area contributed by atoms with Crippen molar-refractivity contribution in [1.82, 2.24) is 0 Å². The molecule has 0 aliphatic rings. The highest BCUT2D eigenvalue weighted by Gasteiger charge is 2.09. The van der Waals surface area contributed by atoms with Crippen LogP contribution in [-0.4, -0.2) is 5.11 Å². The second-order valence-corrected chi connectivity index (χ2v) is 5.76. The monoisotopic (exact) mass is 385 g/mol. The smallest absolute Gasteiger partial charge is 0.148 e. The van der Waals surface area contributed by atoms with Crippen molar-refractivity contribution >= 4 is 31.9 Å². The van der Waals surface area contributed by atoms with Crippen LogP contribution in [0.5, 0.6) is 11.5 Å². The Morgan fingerprint density at radius 1 is 1.05 bits per heavy atom. The molecular weight excluding hydrogens is 374 g/mol. The van der Waals surface area contributed by atoms with Crippen LogP contribution in [0.4, 0.5) is 0 Å². The Hall–Kier alpha value is -1.04. The standard InChI is InChI=1S/C14H13Br2NO2/c15-12-5-10(7-17)6-13(16)14(12)19-8-9-2-1-3-11(18)4-9/h1-6,18H,7-8,17H2. The summed E-state index contributed by atoms with van der Waals surface area (Å²) in [7, 11) is 0. The Balaban J connectivity index is 2.16. The number of halogens is 2. The van der Waals surface area contributed by atoms with E-state index >= 15 is 0 Å². The Labute approximate surface area is 128 Å². The lowest BCUT2D eigenvalue weighted by Gasteiger charge is -2.12. The summed E-state index contributed by atoms with van der Waals surface area (Å²) >= 11 is 6.93. The summed E-state index contributed by atoms with van der Waals surface area (Å²) < 4.78 is 7.46. The number of phenolic OH excluding ortho intramolecular Hbond substituents is 1. The van der Waals surface area contributed by atoms with Crippen LogP contribution in [-0.2, 0) is 13.2 Å². The van der Waals surface area contributed by atoms with Crippen molar-refractivity contribution in [2.75, 3.05) is 0 Å². The van der Waals surface area contributed by atoms with E-state index in [1.165, 1.54) is 0 Å². The van der Waals surface area contributed by atoms with Gasteiger partial charge in [0.15, 0.2) is 0 Å². The van der Waals surface area contributed by atoms with Crippen LogP contribution in [0.15, 0.2) is 45.3 Å². The zero-order valence-electron chi connectivity index (χ0n) is 10.1. The number of benzene rings is 2. The van der Waals surface area contributed by atoms with Gasteiger partial charge in [0.25, 0.3) is 0 Å². The summed E-state index contributed by atoms with van der Waals surface area (Å²) in [6, 6.07) is 10.9. The second-order valence-electron chi connectivity index (χ2n) is 4.05. The molecule has 3 nitrogen and oxygen atoms in total. The number of ether oxygens (including phenoxy) is 1. The number of nitrogens with two attached hydrogens (primary N) is 1. The van der Waals surface area contributed by atoms with Crippen molar-refractivity contribution in [3.63, 3.8) is 0 Å². The maximum Gasteiger partial charge on any atom is 0.148 e. The van der Waals surface area contributed by atoms with Crippen LogP contribution in [0, 0.1) is 0 Å². The molecule has 2 aromatic rings. The first-order chi connectivity index (χ1) is 9.10. The van der Waals surface area contributed by atoms with Gasteiger partial charge in [0.1, 0.15) is 18.1 Å². The highest BCUT2D eigenvalue weighted by Crippen LogP contribution is 2.35. The SMILES string of the molecule is NCc1cc(Br)c(OCc2cccc(O)c2)c(Br)c1. The van der Waals surface area contributed by atoms with Gasteiger partial charge in [-0.1, -0.05) is 12.1 Å². The second kappa shape index (κ2) is 6.41. The minimum absolute atomic E-state index is 0.234. The average molecular weight is 387 g/mol. The molecule has 0 heterocycles. The van der Waals surface area contributed by atoms with Crippen LogP contribution >= 0.6 is 31.9 Å². The minimum Gasteiger partial charge on any atom is -0.508 e. The predicted molar refractivity (Wildman–Crippen MR) is 82.2 cm³/mol. The maximum atomic E-state index is 9.40. The molecule has 0 aromatic heterocycles. The molecule has 0 aliphatic heterocycles. The lowest BCUT2D eigenvalue weighted by atomic mass is 10.2. The molecule has 2 aromatic carbocycles. The Morgan fingerprint density at radius 3 is 2.32 bits per heavy atom. The topological polar surface area (TPSA) is 55.5 Å². The molecule has 0 saturated carbocycles. The van der Waals surface area contributed by atoms with E-state index in [1.54, 1.807) is 18.2 Å². The summed E-state index contributed by atoms with van der Waals surface area (Å²) in [5.41, 5.74) is 7.53. The van der Waals surface area contributed by atoms with E-state index in [4.69, 9.17) is 10.5 Å². The molecule has 0 amide bonds. The van der Waals surface area contributed by atoms with Crippen molar-refractivity contribution < 1.29 is 9.84 Å². The molecule has 19 heavy (non-hydrogen) atoms. The molecule has 0 unspecified atom stereocenters. The fraction of sp³-hybridized carbons (Fsp3) is 0.143. The van der Waals surface area contributed by atoms with E-state index in [0.717, 1.165) is 25.8 Å². The van der Waals surface area contributed by atoms with Gasteiger partial charge < -0.3 is 15.6 Å². The summed E-state index contributed by atoms with van der Waals surface area (Å²) in [6.07, 6.45) is 0. The van der Waals surface area contributed by atoms with Crippen molar-refractivity contribution in [2.24, 2.45) is 5.73 Å². The Kier molecular flexibility index (Phi) is 4.85. The molecule has 0 aliphatic carbocycles. The first-order valence-electron chi connectivity index (χ1n) is 5.69. The third-order valence-corrected chi connectivity index (χ3v) is 3.77. The molecule has 0 bridgehead atoms. The van der Waals surface area contributed by atoms with Crippen LogP contribution in [0.1, 0.15) is 11.1 Å². The number of aromatic hydroxyl groups is 1. The molecule has 0 saturated heterocycles. The van der Waals surface area contributed by atoms with Gasteiger partial charge in [-0.2, -0.15) is 0 Å². The fourth-order valence-electron chi connectivity index (χ4n) is 1.67. The first kappa shape index (κ1) is 14.4. The summed E-state index contributed by atoms with van der Waals surface area (Å²) in [5.74, 6) is 0.957. The van der Waals surface area contributed by atoms with Crippen molar-refractivity contribution in [2.45, 2.75) is 13.2 Å². The molecule has 0 fully saturated rings. The van der Waals surface area contributed by atoms with Gasteiger partial charge in [-0.05, 0) is 67.3 Å². The molecule has 5 heteroatoms. The highest BCUT2D eigenvalue weighted by atomic mass is 79.9. The third kappa shape index (κ3) is 3.72. The highest BCUT2D eigenvalue weighted by molar-refractivity contribution is 9.11. The summed E-state index contributed by atoms with van der Waals surface area (Å²) in [4.78, 5) is 0. The van der Waals surface area contributed by atoms with Crippen LogP contribution in [0.3, 0.4) is 0 Å². The number of hydrogen-bond donors (Lipinski definition) is 2.